The summed E-state index contributed by atoms with van der Waals surface area (Å²) in [4.78, 5) is 10.9. The third-order valence-electron chi connectivity index (χ3n) is 7.41. The molecule has 228 valence electrons. The molecule has 2 rings (SSSR count). The molecule has 1 aromatic rings. The van der Waals surface area contributed by atoms with Crippen molar-refractivity contribution in [3.05, 3.63) is 45.8 Å². The molecular weight excluding hydrogens is 521 g/mol. The summed E-state index contributed by atoms with van der Waals surface area (Å²) >= 11 is 0. The molecule has 1 aromatic carbocycles. The predicted octanol–water partition coefficient (Wildman–Crippen LogP) is 5.49. The zero-order valence-corrected chi connectivity index (χ0v) is 23.8. The highest BCUT2D eigenvalue weighted by atomic mass is 19.1. The third-order valence-corrected chi connectivity index (χ3v) is 7.41. The number of aliphatic hydroxyl groups is 4. The molecule has 0 radical (unpaired) electrons. The average molecular weight is 570 g/mol. The fourth-order valence-electron chi connectivity index (χ4n) is 4.93. The molecular formula is C30H48FNO8. The zero-order chi connectivity index (χ0) is 29.3. The monoisotopic (exact) mass is 569 g/mol. The van der Waals surface area contributed by atoms with E-state index in [-0.39, 0.29) is 23.4 Å². The summed E-state index contributed by atoms with van der Waals surface area (Å²) in [6.45, 7) is 1.57. The Hall–Kier alpha value is -2.11. The van der Waals surface area contributed by atoms with Crippen LogP contribution in [0.25, 0.3) is 0 Å². The summed E-state index contributed by atoms with van der Waals surface area (Å²) in [5.41, 5.74) is -0.450. The van der Waals surface area contributed by atoms with Gasteiger partial charge >= 0.3 is 0 Å². The van der Waals surface area contributed by atoms with Crippen molar-refractivity contribution < 1.29 is 39.2 Å². The number of unbranched alkanes of at least 4 members (excludes halogenated alkanes) is 12. The van der Waals surface area contributed by atoms with Gasteiger partial charge in [0.25, 0.3) is 5.69 Å². The second kappa shape index (κ2) is 19.1. The molecule has 0 amide bonds. The minimum Gasteiger partial charge on any atom is -0.459 e. The Balaban J connectivity index is 1.75. The fraction of sp³-hybridized carbons (Fsp3) is 0.733. The van der Waals surface area contributed by atoms with Gasteiger partial charge in [-0.25, -0.2) is 4.39 Å². The number of nitro groups is 1. The van der Waals surface area contributed by atoms with Crippen LogP contribution in [-0.2, 0) is 11.2 Å². The molecule has 0 aliphatic carbocycles. The first-order valence-corrected chi connectivity index (χ1v) is 14.9. The van der Waals surface area contributed by atoms with E-state index >= 15 is 4.39 Å². The van der Waals surface area contributed by atoms with E-state index in [0.29, 0.717) is 6.42 Å². The van der Waals surface area contributed by atoms with Crippen molar-refractivity contribution in [2.45, 2.75) is 134 Å². The van der Waals surface area contributed by atoms with Crippen LogP contribution in [0.2, 0.25) is 0 Å². The molecule has 0 aromatic heterocycles. The van der Waals surface area contributed by atoms with Crippen molar-refractivity contribution in [1.82, 2.24) is 0 Å². The maximum absolute atomic E-state index is 15.3. The highest BCUT2D eigenvalue weighted by Gasteiger charge is 2.45. The van der Waals surface area contributed by atoms with Gasteiger partial charge in [-0.2, -0.15) is 0 Å². The van der Waals surface area contributed by atoms with Crippen LogP contribution < -0.4 is 4.74 Å². The van der Waals surface area contributed by atoms with Gasteiger partial charge in [0, 0.05) is 6.07 Å². The number of nitrogens with zero attached hydrogens (tertiary/aromatic N) is 1. The van der Waals surface area contributed by atoms with Gasteiger partial charge < -0.3 is 29.9 Å². The van der Waals surface area contributed by atoms with Gasteiger partial charge in [-0.3, -0.25) is 10.1 Å². The van der Waals surface area contributed by atoms with Crippen molar-refractivity contribution in [2.24, 2.45) is 0 Å². The topological polar surface area (TPSA) is 143 Å². The van der Waals surface area contributed by atoms with E-state index in [1.54, 1.807) is 0 Å². The molecule has 9 nitrogen and oxygen atoms in total. The molecule has 0 saturated carbocycles. The Morgan fingerprint density at radius 2 is 1.48 bits per heavy atom. The fourth-order valence-corrected chi connectivity index (χ4v) is 4.93. The first-order chi connectivity index (χ1) is 19.3. The number of allylic oxidation sites excluding steroid dienone is 2. The molecule has 0 spiro atoms. The SMILES string of the molecule is CCCCCCCC/C=C\CCCCCCCCc1c([N+](=O)[O-])ccc(O[C@@H]2O[C@H](CO)[C@@H](O)[C@H](O)[C@H]2O)c1F. The van der Waals surface area contributed by atoms with Crippen LogP contribution in [0.15, 0.2) is 24.3 Å². The molecule has 4 N–H and O–H groups in total. The number of rotatable bonds is 20. The van der Waals surface area contributed by atoms with E-state index in [4.69, 9.17) is 9.47 Å². The van der Waals surface area contributed by atoms with E-state index in [1.165, 1.54) is 38.5 Å². The minimum absolute atomic E-state index is 0.0948. The minimum atomic E-state index is -1.72. The Morgan fingerprint density at radius 1 is 0.900 bits per heavy atom. The Morgan fingerprint density at radius 3 is 2.05 bits per heavy atom. The summed E-state index contributed by atoms with van der Waals surface area (Å²) in [6.07, 6.45) is 12.7. The first kappa shape index (κ1) is 34.1. The lowest BCUT2D eigenvalue weighted by molar-refractivity contribution is -0.385. The number of aliphatic hydroxyl groups excluding tert-OH is 4. The molecule has 0 unspecified atom stereocenters. The molecule has 40 heavy (non-hydrogen) atoms. The van der Waals surface area contributed by atoms with E-state index in [2.05, 4.69) is 19.1 Å². The standard InChI is InChI=1S/C30H48FNO8/c1-2-3-4-5-6-7-8-9-10-11-12-13-14-15-16-17-18-22-23(32(37)38)19-20-24(26(22)31)39-30-29(36)28(35)27(34)25(21-33)40-30/h9-10,19-20,25,27-30,33-36H,2-8,11-18,21H2,1H3/b10-9-/t25-,27-,28+,29-,30-/m1/s1. The lowest BCUT2D eigenvalue weighted by Crippen LogP contribution is -2.60. The van der Waals surface area contributed by atoms with Crippen LogP contribution in [0.3, 0.4) is 0 Å². The summed E-state index contributed by atoms with van der Waals surface area (Å²) in [7, 11) is 0. The molecule has 0 bridgehead atoms. The molecule has 1 aliphatic heterocycles. The Kier molecular flexibility index (Phi) is 16.3. The normalized spacial score (nSPS) is 23.1. The number of benzene rings is 1. The number of halogens is 1. The molecule has 1 aliphatic rings. The van der Waals surface area contributed by atoms with Gasteiger partial charge in [-0.15, -0.1) is 0 Å². The molecule has 10 heteroatoms. The molecule has 5 atom stereocenters. The maximum Gasteiger partial charge on any atom is 0.275 e. The van der Waals surface area contributed by atoms with Crippen LogP contribution in [0.5, 0.6) is 5.75 Å². The van der Waals surface area contributed by atoms with E-state index in [9.17, 15) is 30.5 Å². The summed E-state index contributed by atoms with van der Waals surface area (Å²) < 4.78 is 26.0. The molecule has 1 heterocycles. The van der Waals surface area contributed by atoms with Crippen molar-refractivity contribution in [3.63, 3.8) is 0 Å². The van der Waals surface area contributed by atoms with E-state index in [0.717, 1.165) is 57.1 Å². The quantitative estimate of drug-likeness (QED) is 0.0699. The summed E-state index contributed by atoms with van der Waals surface area (Å²) in [6, 6.07) is 2.21. The van der Waals surface area contributed by atoms with Crippen molar-refractivity contribution >= 4 is 5.69 Å². The van der Waals surface area contributed by atoms with Crippen LogP contribution >= 0.6 is 0 Å². The second-order valence-electron chi connectivity index (χ2n) is 10.6. The summed E-state index contributed by atoms with van der Waals surface area (Å²) in [5.74, 6) is -1.31. The highest BCUT2D eigenvalue weighted by Crippen LogP contribution is 2.33. The largest absolute Gasteiger partial charge is 0.459 e. The van der Waals surface area contributed by atoms with Crippen LogP contribution in [0.1, 0.15) is 102 Å². The van der Waals surface area contributed by atoms with Crippen molar-refractivity contribution in [3.8, 4) is 5.75 Å². The van der Waals surface area contributed by atoms with Crippen LogP contribution in [0.4, 0.5) is 10.1 Å². The number of hydrogen-bond donors (Lipinski definition) is 4. The Bertz CT molecular complexity index is 897. The van der Waals surface area contributed by atoms with Gasteiger partial charge in [0.05, 0.1) is 17.1 Å². The van der Waals surface area contributed by atoms with Crippen molar-refractivity contribution in [2.75, 3.05) is 6.61 Å². The zero-order valence-electron chi connectivity index (χ0n) is 23.8. The lowest BCUT2D eigenvalue weighted by atomic mass is 9.99. The number of nitro benzene ring substituents is 1. The van der Waals surface area contributed by atoms with Crippen LogP contribution in [0, 0.1) is 15.9 Å². The smallest absolute Gasteiger partial charge is 0.275 e. The van der Waals surface area contributed by atoms with E-state index in [1.807, 2.05) is 0 Å². The second-order valence-corrected chi connectivity index (χ2v) is 10.6. The van der Waals surface area contributed by atoms with Crippen LogP contribution in [-0.4, -0.2) is 62.7 Å². The maximum atomic E-state index is 15.3. The van der Waals surface area contributed by atoms with Gasteiger partial charge in [0.1, 0.15) is 24.4 Å². The van der Waals surface area contributed by atoms with Gasteiger partial charge in [-0.1, -0.05) is 76.9 Å². The van der Waals surface area contributed by atoms with Gasteiger partial charge in [0.2, 0.25) is 6.29 Å². The predicted molar refractivity (Wildman–Crippen MR) is 151 cm³/mol. The number of hydrogen-bond acceptors (Lipinski definition) is 8. The van der Waals surface area contributed by atoms with Crippen molar-refractivity contribution in [1.29, 1.82) is 0 Å². The van der Waals surface area contributed by atoms with Gasteiger partial charge in [0.15, 0.2) is 11.6 Å². The molecule has 1 fully saturated rings. The molecule has 1 saturated heterocycles. The van der Waals surface area contributed by atoms with E-state index < -0.39 is 48.1 Å². The first-order valence-electron chi connectivity index (χ1n) is 14.9. The average Bonchev–Trinajstić information content (AvgIpc) is 2.94. The summed E-state index contributed by atoms with van der Waals surface area (Å²) in [5, 5.41) is 50.8. The Labute approximate surface area is 237 Å². The third kappa shape index (κ3) is 11.0. The lowest BCUT2D eigenvalue weighted by Gasteiger charge is -2.39. The van der Waals surface area contributed by atoms with Gasteiger partial charge in [-0.05, 0) is 44.6 Å². The number of ether oxygens (including phenoxy) is 2. The highest BCUT2D eigenvalue weighted by molar-refractivity contribution is 5.47.